The molecule has 21 heavy (non-hydrogen) atoms. The van der Waals surface area contributed by atoms with Gasteiger partial charge in [0.1, 0.15) is 0 Å². The number of nitrogens with one attached hydrogen (secondary N) is 1. The fraction of sp³-hybridized carbons (Fsp3) is 1.00. The largest absolute Gasteiger partial charge is 0.308 e. The van der Waals surface area contributed by atoms with Crippen LogP contribution in [0.5, 0.6) is 0 Å². The highest BCUT2D eigenvalue weighted by atomic mass is 15.3. The summed E-state index contributed by atoms with van der Waals surface area (Å²) in [4.78, 5) is 2.99. The van der Waals surface area contributed by atoms with Crippen molar-refractivity contribution < 1.29 is 0 Å². The molecule has 3 fully saturated rings. The van der Waals surface area contributed by atoms with Gasteiger partial charge in [0.2, 0.25) is 0 Å². The Morgan fingerprint density at radius 2 is 1.52 bits per heavy atom. The van der Waals surface area contributed by atoms with E-state index in [9.17, 15) is 0 Å². The summed E-state index contributed by atoms with van der Waals surface area (Å²) in [5.41, 5.74) is 0.397. The molecule has 122 valence electrons. The van der Waals surface area contributed by atoms with Crippen LogP contribution in [-0.2, 0) is 0 Å². The zero-order chi connectivity index (χ0) is 14.7. The molecule has 0 aromatic rings. The fourth-order valence-corrected chi connectivity index (χ4v) is 5.28. The summed E-state index contributed by atoms with van der Waals surface area (Å²) in [5.74, 6) is 0.971. The van der Waals surface area contributed by atoms with E-state index in [0.717, 1.165) is 18.0 Å². The maximum Gasteiger partial charge on any atom is 0.0304 e. The van der Waals surface area contributed by atoms with Crippen molar-refractivity contribution in [3.05, 3.63) is 0 Å². The Hall–Kier alpha value is -0.0800. The van der Waals surface area contributed by atoms with Gasteiger partial charge in [0, 0.05) is 30.7 Å². The summed E-state index contributed by atoms with van der Waals surface area (Å²) in [5, 5.41) is 3.99. The van der Waals surface area contributed by atoms with Crippen LogP contribution < -0.4 is 5.32 Å². The van der Waals surface area contributed by atoms with Gasteiger partial charge in [-0.15, -0.1) is 0 Å². The molecule has 2 heteroatoms. The second kappa shape index (κ2) is 7.00. The van der Waals surface area contributed by atoms with Gasteiger partial charge < -0.3 is 5.32 Å². The van der Waals surface area contributed by atoms with E-state index in [1.165, 1.54) is 83.7 Å². The Bertz CT molecular complexity index is 312. The van der Waals surface area contributed by atoms with E-state index in [2.05, 4.69) is 24.1 Å². The van der Waals surface area contributed by atoms with Gasteiger partial charge in [-0.2, -0.15) is 0 Å². The van der Waals surface area contributed by atoms with Gasteiger partial charge in [-0.05, 0) is 44.4 Å². The average Bonchev–Trinajstić information content (AvgIpc) is 3.09. The van der Waals surface area contributed by atoms with Crippen molar-refractivity contribution >= 4 is 0 Å². The van der Waals surface area contributed by atoms with Crippen LogP contribution >= 0.6 is 0 Å². The average molecular weight is 293 g/mol. The van der Waals surface area contributed by atoms with Crippen LogP contribution in [-0.4, -0.2) is 35.6 Å². The number of hydrogen-bond acceptors (Lipinski definition) is 2. The highest BCUT2D eigenvalue weighted by Crippen LogP contribution is 2.37. The van der Waals surface area contributed by atoms with E-state index in [0.29, 0.717) is 5.54 Å². The lowest BCUT2D eigenvalue weighted by Gasteiger charge is -2.52. The van der Waals surface area contributed by atoms with E-state index in [1.54, 1.807) is 0 Å². The Kier molecular flexibility index (Phi) is 5.27. The van der Waals surface area contributed by atoms with Gasteiger partial charge in [-0.3, -0.25) is 4.90 Å². The minimum atomic E-state index is 0.397. The Labute approximate surface area is 132 Å². The van der Waals surface area contributed by atoms with Crippen molar-refractivity contribution in [2.75, 3.05) is 13.1 Å². The molecule has 1 heterocycles. The third kappa shape index (κ3) is 3.32. The fourth-order valence-electron chi connectivity index (χ4n) is 5.28. The number of hydrogen-bond donors (Lipinski definition) is 1. The maximum atomic E-state index is 3.99. The van der Waals surface area contributed by atoms with Crippen molar-refractivity contribution in [3.63, 3.8) is 0 Å². The van der Waals surface area contributed by atoms with Crippen molar-refractivity contribution in [1.82, 2.24) is 10.2 Å². The summed E-state index contributed by atoms with van der Waals surface area (Å²) in [7, 11) is 0. The van der Waals surface area contributed by atoms with Crippen LogP contribution in [0, 0.1) is 5.92 Å². The molecule has 0 aromatic carbocycles. The van der Waals surface area contributed by atoms with Crippen LogP contribution in [0.2, 0.25) is 0 Å². The molecule has 1 unspecified atom stereocenters. The first-order valence-corrected chi connectivity index (χ1v) is 9.79. The molecule has 1 atom stereocenters. The van der Waals surface area contributed by atoms with Crippen LogP contribution in [0.3, 0.4) is 0 Å². The lowest BCUT2D eigenvalue weighted by atomic mass is 9.79. The predicted octanol–water partition coefficient (Wildman–Crippen LogP) is 4.34. The third-order valence-electron chi connectivity index (χ3n) is 6.94. The van der Waals surface area contributed by atoms with Crippen molar-refractivity contribution in [3.8, 4) is 0 Å². The molecule has 0 radical (unpaired) electrons. The molecule has 1 aliphatic heterocycles. The summed E-state index contributed by atoms with van der Waals surface area (Å²) in [6.45, 7) is 7.32. The molecule has 0 spiro atoms. The molecule has 2 saturated carbocycles. The van der Waals surface area contributed by atoms with E-state index in [1.807, 2.05) is 0 Å². The Morgan fingerprint density at radius 3 is 2.14 bits per heavy atom. The quantitative estimate of drug-likeness (QED) is 0.829. The molecule has 0 amide bonds. The molecular weight excluding hydrogens is 256 g/mol. The van der Waals surface area contributed by atoms with Crippen LogP contribution in [0.1, 0.15) is 84.5 Å². The first kappa shape index (κ1) is 15.8. The van der Waals surface area contributed by atoms with Crippen molar-refractivity contribution in [2.45, 2.75) is 102 Å². The van der Waals surface area contributed by atoms with Crippen molar-refractivity contribution in [2.24, 2.45) is 5.92 Å². The second-order valence-electron chi connectivity index (χ2n) is 7.94. The van der Waals surface area contributed by atoms with Crippen LogP contribution in [0.25, 0.3) is 0 Å². The lowest BCUT2D eigenvalue weighted by Crippen LogP contribution is -2.67. The molecule has 1 N–H and O–H groups in total. The highest BCUT2D eigenvalue weighted by Gasteiger charge is 2.42. The van der Waals surface area contributed by atoms with Gasteiger partial charge >= 0.3 is 0 Å². The molecule has 3 rings (SSSR count). The van der Waals surface area contributed by atoms with Crippen LogP contribution in [0.4, 0.5) is 0 Å². The van der Waals surface area contributed by atoms with Crippen molar-refractivity contribution in [1.29, 1.82) is 0 Å². The predicted molar refractivity (Wildman–Crippen MR) is 90.6 cm³/mol. The van der Waals surface area contributed by atoms with E-state index < -0.39 is 0 Å². The lowest BCUT2D eigenvalue weighted by molar-refractivity contribution is 0.00334. The number of rotatable bonds is 4. The van der Waals surface area contributed by atoms with Gasteiger partial charge in [0.05, 0.1) is 0 Å². The summed E-state index contributed by atoms with van der Waals surface area (Å²) < 4.78 is 0. The monoisotopic (exact) mass is 292 g/mol. The minimum Gasteiger partial charge on any atom is -0.308 e. The molecule has 2 nitrogen and oxygen atoms in total. The third-order valence-corrected chi connectivity index (χ3v) is 6.94. The zero-order valence-electron chi connectivity index (χ0n) is 14.4. The zero-order valence-corrected chi connectivity index (χ0v) is 14.4. The van der Waals surface area contributed by atoms with Gasteiger partial charge in [-0.1, -0.05) is 46.0 Å². The van der Waals surface area contributed by atoms with Gasteiger partial charge in [-0.25, -0.2) is 0 Å². The second-order valence-corrected chi connectivity index (χ2v) is 7.94. The molecule has 0 aromatic heterocycles. The number of piperazine rings is 1. The first-order chi connectivity index (χ1) is 10.3. The summed E-state index contributed by atoms with van der Waals surface area (Å²) in [6.07, 6.45) is 15.8. The standard InChI is InChI=1S/C19H36N2/c1-3-19(4-2)15-21(17-12-8-9-13-17)18(14-20-19)16-10-6-5-7-11-16/h16-18,20H,3-15H2,1-2H3. The highest BCUT2D eigenvalue weighted by molar-refractivity contribution is 5.01. The van der Waals surface area contributed by atoms with Crippen LogP contribution in [0.15, 0.2) is 0 Å². The molecular formula is C19H36N2. The topological polar surface area (TPSA) is 15.3 Å². The summed E-state index contributed by atoms with van der Waals surface area (Å²) >= 11 is 0. The summed E-state index contributed by atoms with van der Waals surface area (Å²) in [6, 6.07) is 1.73. The van der Waals surface area contributed by atoms with E-state index in [-0.39, 0.29) is 0 Å². The maximum absolute atomic E-state index is 3.99. The van der Waals surface area contributed by atoms with Gasteiger partial charge in [0.15, 0.2) is 0 Å². The molecule has 0 bridgehead atoms. The van der Waals surface area contributed by atoms with E-state index in [4.69, 9.17) is 0 Å². The van der Waals surface area contributed by atoms with E-state index >= 15 is 0 Å². The molecule has 3 aliphatic rings. The Balaban J connectivity index is 1.74. The minimum absolute atomic E-state index is 0.397. The molecule has 2 aliphatic carbocycles. The SMILES string of the molecule is CCC1(CC)CN(C2CCCC2)C(C2CCCCC2)CN1. The Morgan fingerprint density at radius 1 is 0.905 bits per heavy atom. The smallest absolute Gasteiger partial charge is 0.0304 e. The van der Waals surface area contributed by atoms with Gasteiger partial charge in [0.25, 0.3) is 0 Å². The molecule has 1 saturated heterocycles. The number of nitrogens with zero attached hydrogens (tertiary/aromatic N) is 1. The first-order valence-electron chi connectivity index (χ1n) is 9.79. The normalized spacial score (nSPS) is 32.6.